The van der Waals surface area contributed by atoms with Crippen LogP contribution in [0.25, 0.3) is 0 Å². The fourth-order valence-electron chi connectivity index (χ4n) is 2.04. The molecule has 0 amide bonds. The first-order valence-corrected chi connectivity index (χ1v) is 6.15. The van der Waals surface area contributed by atoms with E-state index in [0.29, 0.717) is 6.04 Å². The minimum atomic E-state index is -0.408. The van der Waals surface area contributed by atoms with Crippen molar-refractivity contribution in [3.63, 3.8) is 0 Å². The van der Waals surface area contributed by atoms with Crippen LogP contribution >= 0.6 is 0 Å². The molecular formula is C14H23NO. The standard InChI is InChI=1S/C14H23NO/c1-5-11(3)15(6-2)14-10-8-7-9-13(14)12(4)16/h7-12,16H,5-6H2,1-4H3/t11?,12-/m1/s1. The molecule has 0 saturated carbocycles. The monoisotopic (exact) mass is 221 g/mol. The molecule has 0 heterocycles. The molecular weight excluding hydrogens is 198 g/mol. The largest absolute Gasteiger partial charge is 0.389 e. The van der Waals surface area contributed by atoms with E-state index in [-0.39, 0.29) is 0 Å². The predicted octanol–water partition coefficient (Wildman–Crippen LogP) is 3.36. The molecule has 16 heavy (non-hydrogen) atoms. The Labute approximate surface area is 98.9 Å². The molecule has 0 fully saturated rings. The van der Waals surface area contributed by atoms with Gasteiger partial charge in [-0.2, -0.15) is 0 Å². The van der Waals surface area contributed by atoms with Crippen molar-refractivity contribution in [2.45, 2.75) is 46.3 Å². The molecule has 0 radical (unpaired) electrons. The highest BCUT2D eigenvalue weighted by atomic mass is 16.3. The number of hydrogen-bond donors (Lipinski definition) is 1. The summed E-state index contributed by atoms with van der Waals surface area (Å²) in [6.45, 7) is 9.37. The molecule has 1 unspecified atom stereocenters. The number of rotatable bonds is 5. The third-order valence-corrected chi connectivity index (χ3v) is 3.16. The molecule has 0 bridgehead atoms. The number of nitrogens with zero attached hydrogens (tertiary/aromatic N) is 1. The Hall–Kier alpha value is -1.02. The zero-order valence-corrected chi connectivity index (χ0v) is 10.8. The smallest absolute Gasteiger partial charge is 0.0781 e. The highest BCUT2D eigenvalue weighted by Gasteiger charge is 2.16. The van der Waals surface area contributed by atoms with Crippen LogP contribution in [0.1, 0.15) is 45.8 Å². The third-order valence-electron chi connectivity index (χ3n) is 3.16. The molecule has 1 rings (SSSR count). The van der Waals surface area contributed by atoms with Crippen LogP contribution in [0, 0.1) is 0 Å². The Balaban J connectivity index is 3.09. The van der Waals surface area contributed by atoms with Crippen molar-refractivity contribution in [2.24, 2.45) is 0 Å². The van der Waals surface area contributed by atoms with E-state index in [0.717, 1.165) is 24.2 Å². The number of benzene rings is 1. The fraction of sp³-hybridized carbons (Fsp3) is 0.571. The van der Waals surface area contributed by atoms with Gasteiger partial charge < -0.3 is 10.0 Å². The number of anilines is 1. The van der Waals surface area contributed by atoms with Crippen molar-refractivity contribution in [1.29, 1.82) is 0 Å². The Bertz CT molecular complexity index is 322. The first-order chi connectivity index (χ1) is 7.61. The summed E-state index contributed by atoms with van der Waals surface area (Å²) < 4.78 is 0. The van der Waals surface area contributed by atoms with Gasteiger partial charge in [0.05, 0.1) is 6.10 Å². The molecule has 0 aliphatic carbocycles. The highest BCUT2D eigenvalue weighted by Crippen LogP contribution is 2.27. The molecule has 2 atom stereocenters. The number of aliphatic hydroxyl groups is 1. The van der Waals surface area contributed by atoms with E-state index in [1.54, 1.807) is 0 Å². The summed E-state index contributed by atoms with van der Waals surface area (Å²) in [5.74, 6) is 0. The summed E-state index contributed by atoms with van der Waals surface area (Å²) >= 11 is 0. The summed E-state index contributed by atoms with van der Waals surface area (Å²) in [5, 5.41) is 9.78. The average Bonchev–Trinajstić information content (AvgIpc) is 2.30. The Morgan fingerprint density at radius 1 is 1.19 bits per heavy atom. The van der Waals surface area contributed by atoms with Crippen LogP contribution in [-0.2, 0) is 0 Å². The first-order valence-electron chi connectivity index (χ1n) is 6.15. The van der Waals surface area contributed by atoms with E-state index >= 15 is 0 Å². The lowest BCUT2D eigenvalue weighted by Gasteiger charge is -2.32. The van der Waals surface area contributed by atoms with E-state index in [2.05, 4.69) is 31.7 Å². The molecule has 0 aliphatic heterocycles. The van der Waals surface area contributed by atoms with Gasteiger partial charge in [0.1, 0.15) is 0 Å². The molecule has 1 N–H and O–H groups in total. The van der Waals surface area contributed by atoms with Crippen molar-refractivity contribution in [3.05, 3.63) is 29.8 Å². The maximum atomic E-state index is 9.78. The summed E-state index contributed by atoms with van der Waals surface area (Å²) in [7, 11) is 0. The van der Waals surface area contributed by atoms with E-state index in [4.69, 9.17) is 0 Å². The van der Waals surface area contributed by atoms with E-state index in [1.165, 1.54) is 0 Å². The minimum absolute atomic E-state index is 0.408. The second-order valence-corrected chi connectivity index (χ2v) is 4.28. The van der Waals surface area contributed by atoms with E-state index in [1.807, 2.05) is 25.1 Å². The van der Waals surface area contributed by atoms with E-state index in [9.17, 15) is 5.11 Å². The molecule has 1 aromatic carbocycles. The van der Waals surface area contributed by atoms with Gasteiger partial charge in [0, 0.05) is 23.8 Å². The topological polar surface area (TPSA) is 23.5 Å². The summed E-state index contributed by atoms with van der Waals surface area (Å²) in [5.41, 5.74) is 2.18. The number of hydrogen-bond acceptors (Lipinski definition) is 2. The van der Waals surface area contributed by atoms with Crippen LogP contribution in [-0.4, -0.2) is 17.7 Å². The third kappa shape index (κ3) is 2.76. The molecule has 0 aliphatic rings. The van der Waals surface area contributed by atoms with Gasteiger partial charge >= 0.3 is 0 Å². The fourth-order valence-corrected chi connectivity index (χ4v) is 2.04. The van der Waals surface area contributed by atoms with Gasteiger partial charge in [-0.1, -0.05) is 25.1 Å². The quantitative estimate of drug-likeness (QED) is 0.824. The van der Waals surface area contributed by atoms with Crippen LogP contribution < -0.4 is 4.90 Å². The van der Waals surface area contributed by atoms with Crippen LogP contribution in [0.4, 0.5) is 5.69 Å². The van der Waals surface area contributed by atoms with Crippen LogP contribution in [0.3, 0.4) is 0 Å². The summed E-state index contributed by atoms with van der Waals surface area (Å²) in [6.07, 6.45) is 0.705. The second-order valence-electron chi connectivity index (χ2n) is 4.28. The number of para-hydroxylation sites is 1. The van der Waals surface area contributed by atoms with Gasteiger partial charge in [-0.05, 0) is 33.3 Å². The van der Waals surface area contributed by atoms with E-state index < -0.39 is 6.10 Å². The maximum Gasteiger partial charge on any atom is 0.0781 e. The summed E-state index contributed by atoms with van der Waals surface area (Å²) in [6, 6.07) is 8.62. The van der Waals surface area contributed by atoms with Gasteiger partial charge in [-0.15, -0.1) is 0 Å². The van der Waals surface area contributed by atoms with Crippen molar-refractivity contribution in [3.8, 4) is 0 Å². The first kappa shape index (κ1) is 13.0. The van der Waals surface area contributed by atoms with Crippen molar-refractivity contribution < 1.29 is 5.11 Å². The van der Waals surface area contributed by atoms with Gasteiger partial charge in [0.2, 0.25) is 0 Å². The van der Waals surface area contributed by atoms with Crippen molar-refractivity contribution in [2.75, 3.05) is 11.4 Å². The van der Waals surface area contributed by atoms with Crippen LogP contribution in [0.15, 0.2) is 24.3 Å². The lowest BCUT2D eigenvalue weighted by molar-refractivity contribution is 0.199. The second kappa shape index (κ2) is 5.90. The lowest BCUT2D eigenvalue weighted by atomic mass is 10.1. The van der Waals surface area contributed by atoms with Crippen LogP contribution in [0.2, 0.25) is 0 Å². The average molecular weight is 221 g/mol. The lowest BCUT2D eigenvalue weighted by Crippen LogP contribution is -2.33. The van der Waals surface area contributed by atoms with Gasteiger partial charge in [0.15, 0.2) is 0 Å². The molecule has 90 valence electrons. The zero-order valence-electron chi connectivity index (χ0n) is 10.8. The molecule has 0 spiro atoms. The maximum absolute atomic E-state index is 9.78. The van der Waals surface area contributed by atoms with Crippen molar-refractivity contribution >= 4 is 5.69 Å². The highest BCUT2D eigenvalue weighted by molar-refractivity contribution is 5.55. The zero-order chi connectivity index (χ0) is 12.1. The van der Waals surface area contributed by atoms with Crippen molar-refractivity contribution in [1.82, 2.24) is 0 Å². The summed E-state index contributed by atoms with van der Waals surface area (Å²) in [4.78, 5) is 2.35. The minimum Gasteiger partial charge on any atom is -0.389 e. The van der Waals surface area contributed by atoms with Crippen LogP contribution in [0.5, 0.6) is 0 Å². The molecule has 2 nitrogen and oxygen atoms in total. The normalized spacial score (nSPS) is 14.6. The Kier molecular flexibility index (Phi) is 4.81. The number of aliphatic hydroxyl groups excluding tert-OH is 1. The Morgan fingerprint density at radius 2 is 1.81 bits per heavy atom. The SMILES string of the molecule is CCC(C)N(CC)c1ccccc1[C@@H](C)O. The Morgan fingerprint density at radius 3 is 2.31 bits per heavy atom. The van der Waals surface area contributed by atoms with Gasteiger partial charge in [-0.25, -0.2) is 0 Å². The molecule has 1 aromatic rings. The van der Waals surface area contributed by atoms with Gasteiger partial charge in [-0.3, -0.25) is 0 Å². The van der Waals surface area contributed by atoms with Gasteiger partial charge in [0.25, 0.3) is 0 Å². The predicted molar refractivity (Wildman–Crippen MR) is 69.8 cm³/mol. The molecule has 0 aromatic heterocycles. The molecule has 2 heteroatoms. The molecule has 0 saturated heterocycles.